The molecular formula is C11H12N2O3. The number of carbonyl (C=O) groups excluding carboxylic acids is 1. The van der Waals surface area contributed by atoms with E-state index in [1.807, 2.05) is 0 Å². The summed E-state index contributed by atoms with van der Waals surface area (Å²) in [7, 11) is 0. The highest BCUT2D eigenvalue weighted by atomic mass is 16.4. The summed E-state index contributed by atoms with van der Waals surface area (Å²) < 4.78 is 0. The number of aliphatic carboxylic acids is 1. The highest BCUT2D eigenvalue weighted by Gasteiger charge is 2.12. The number of carbonyl (C=O) groups is 2. The third-order valence-electron chi connectivity index (χ3n) is 1.86. The van der Waals surface area contributed by atoms with Crippen LogP contribution >= 0.6 is 0 Å². The number of nitrogens with one attached hydrogen (secondary N) is 1. The van der Waals surface area contributed by atoms with Crippen molar-refractivity contribution in [3.63, 3.8) is 0 Å². The summed E-state index contributed by atoms with van der Waals surface area (Å²) >= 11 is 0. The van der Waals surface area contributed by atoms with Crippen molar-refractivity contribution in [2.75, 3.05) is 0 Å². The molecule has 16 heavy (non-hydrogen) atoms. The molecule has 1 aromatic rings. The van der Waals surface area contributed by atoms with Gasteiger partial charge >= 0.3 is 5.97 Å². The molecule has 0 bridgehead atoms. The van der Waals surface area contributed by atoms with E-state index in [-0.39, 0.29) is 18.0 Å². The minimum absolute atomic E-state index is 0.178. The number of benzene rings is 1. The van der Waals surface area contributed by atoms with Crippen LogP contribution in [0.1, 0.15) is 18.9 Å². The Balaban J connectivity index is 2.92. The summed E-state index contributed by atoms with van der Waals surface area (Å²) in [6.07, 6.45) is 0.255. The fourth-order valence-corrected chi connectivity index (χ4v) is 1.03. The molecule has 2 N–H and O–H groups in total. The predicted octanol–water partition coefficient (Wildman–Crippen LogP) is 1.00. The van der Waals surface area contributed by atoms with Crippen molar-refractivity contribution < 1.29 is 14.7 Å². The van der Waals surface area contributed by atoms with E-state index in [9.17, 15) is 9.59 Å². The normalized spacial score (nSPS) is 10.9. The van der Waals surface area contributed by atoms with Crippen LogP contribution in [0.15, 0.2) is 35.4 Å². The molecule has 0 saturated carbocycles. The molecule has 1 aromatic carbocycles. The third kappa shape index (κ3) is 3.20. The van der Waals surface area contributed by atoms with Crippen molar-refractivity contribution in [3.8, 4) is 0 Å². The van der Waals surface area contributed by atoms with Crippen LogP contribution in [0.4, 0.5) is 0 Å². The van der Waals surface area contributed by atoms with Gasteiger partial charge in [-0.05, 0) is 0 Å². The van der Waals surface area contributed by atoms with Crippen LogP contribution in [-0.4, -0.2) is 22.7 Å². The summed E-state index contributed by atoms with van der Waals surface area (Å²) in [5.74, 6) is -1.50. The zero-order chi connectivity index (χ0) is 12.0. The molecular weight excluding hydrogens is 208 g/mol. The molecule has 0 aromatic heterocycles. The fraction of sp³-hybridized carbons (Fsp3) is 0.182. The Kier molecular flexibility index (Phi) is 4.20. The minimum Gasteiger partial charge on any atom is -0.476 e. The fourth-order valence-electron chi connectivity index (χ4n) is 1.03. The smallest absolute Gasteiger partial charge is 0.356 e. The third-order valence-corrected chi connectivity index (χ3v) is 1.86. The minimum atomic E-state index is -1.18. The maximum Gasteiger partial charge on any atom is 0.356 e. The number of hydrogen-bond donors (Lipinski definition) is 2. The van der Waals surface area contributed by atoms with Crippen molar-refractivity contribution in [3.05, 3.63) is 35.9 Å². The summed E-state index contributed by atoms with van der Waals surface area (Å²) in [4.78, 5) is 21.9. The zero-order valence-corrected chi connectivity index (χ0v) is 8.80. The SMILES string of the molecule is CCC(=O)NN=C(C(=O)O)c1ccccc1. The van der Waals surface area contributed by atoms with E-state index in [4.69, 9.17) is 5.11 Å². The van der Waals surface area contributed by atoms with Crippen LogP contribution in [0, 0.1) is 0 Å². The first kappa shape index (κ1) is 11.9. The lowest BCUT2D eigenvalue weighted by Gasteiger charge is -2.01. The molecule has 0 aliphatic heterocycles. The first-order valence-corrected chi connectivity index (χ1v) is 4.80. The van der Waals surface area contributed by atoms with E-state index in [1.54, 1.807) is 37.3 Å². The molecule has 5 heteroatoms. The van der Waals surface area contributed by atoms with Crippen LogP contribution < -0.4 is 5.43 Å². The topological polar surface area (TPSA) is 78.8 Å². The van der Waals surface area contributed by atoms with Gasteiger partial charge in [-0.15, -0.1) is 0 Å². The second-order valence-electron chi connectivity index (χ2n) is 3.02. The average molecular weight is 220 g/mol. The first-order chi connectivity index (χ1) is 7.65. The molecule has 5 nitrogen and oxygen atoms in total. The number of nitrogens with zero attached hydrogens (tertiary/aromatic N) is 1. The van der Waals surface area contributed by atoms with E-state index >= 15 is 0 Å². The molecule has 0 aliphatic rings. The lowest BCUT2D eigenvalue weighted by atomic mass is 10.1. The number of hydrazone groups is 1. The number of amides is 1. The van der Waals surface area contributed by atoms with Gasteiger partial charge in [0, 0.05) is 12.0 Å². The number of carboxylic acid groups (broad SMARTS) is 1. The zero-order valence-electron chi connectivity index (χ0n) is 8.80. The van der Waals surface area contributed by atoms with E-state index in [0.717, 1.165) is 0 Å². The second-order valence-corrected chi connectivity index (χ2v) is 3.02. The van der Waals surface area contributed by atoms with Gasteiger partial charge in [-0.3, -0.25) is 4.79 Å². The Morgan fingerprint density at radius 3 is 2.44 bits per heavy atom. The Labute approximate surface area is 92.8 Å². The molecule has 0 spiro atoms. The van der Waals surface area contributed by atoms with Crippen molar-refractivity contribution in [1.82, 2.24) is 5.43 Å². The molecule has 1 rings (SSSR count). The quantitative estimate of drug-likeness (QED) is 0.587. The van der Waals surface area contributed by atoms with Crippen LogP contribution in [0.2, 0.25) is 0 Å². The second kappa shape index (κ2) is 5.65. The van der Waals surface area contributed by atoms with E-state index in [0.29, 0.717) is 5.56 Å². The average Bonchev–Trinajstić information content (AvgIpc) is 2.30. The van der Waals surface area contributed by atoms with E-state index in [2.05, 4.69) is 10.5 Å². The summed E-state index contributed by atoms with van der Waals surface area (Å²) in [6.45, 7) is 1.66. The number of hydrogen-bond acceptors (Lipinski definition) is 3. The number of rotatable bonds is 4. The van der Waals surface area contributed by atoms with Gasteiger partial charge < -0.3 is 5.11 Å². The largest absolute Gasteiger partial charge is 0.476 e. The molecule has 0 fully saturated rings. The van der Waals surface area contributed by atoms with Gasteiger partial charge in [-0.1, -0.05) is 37.3 Å². The van der Waals surface area contributed by atoms with Gasteiger partial charge in [0.2, 0.25) is 5.91 Å². The molecule has 0 atom stereocenters. The van der Waals surface area contributed by atoms with Crippen LogP contribution in [0.25, 0.3) is 0 Å². The van der Waals surface area contributed by atoms with Gasteiger partial charge in [0.25, 0.3) is 0 Å². The van der Waals surface area contributed by atoms with E-state index in [1.165, 1.54) is 0 Å². The van der Waals surface area contributed by atoms with Gasteiger partial charge in [-0.2, -0.15) is 5.10 Å². The monoisotopic (exact) mass is 220 g/mol. The Bertz CT molecular complexity index is 412. The van der Waals surface area contributed by atoms with Gasteiger partial charge in [0.1, 0.15) is 0 Å². The van der Waals surface area contributed by atoms with Gasteiger partial charge in [0.15, 0.2) is 5.71 Å². The lowest BCUT2D eigenvalue weighted by molar-refractivity contribution is -0.129. The van der Waals surface area contributed by atoms with Crippen LogP contribution in [0.3, 0.4) is 0 Å². The molecule has 84 valence electrons. The lowest BCUT2D eigenvalue weighted by Crippen LogP contribution is -2.23. The van der Waals surface area contributed by atoms with Crippen molar-refractivity contribution in [2.24, 2.45) is 5.10 Å². The maximum atomic E-state index is 11.0. The summed E-state index contributed by atoms with van der Waals surface area (Å²) in [5.41, 5.74) is 2.45. The first-order valence-electron chi connectivity index (χ1n) is 4.80. The van der Waals surface area contributed by atoms with E-state index < -0.39 is 5.97 Å². The molecule has 0 saturated heterocycles. The summed E-state index contributed by atoms with van der Waals surface area (Å²) in [5, 5.41) is 12.5. The predicted molar refractivity (Wildman–Crippen MR) is 59.0 cm³/mol. The van der Waals surface area contributed by atoms with Gasteiger partial charge in [0.05, 0.1) is 0 Å². The molecule has 0 radical (unpaired) electrons. The highest BCUT2D eigenvalue weighted by molar-refractivity contribution is 6.42. The molecule has 0 aliphatic carbocycles. The molecule has 0 heterocycles. The molecule has 1 amide bonds. The Morgan fingerprint density at radius 1 is 1.31 bits per heavy atom. The summed E-state index contributed by atoms with van der Waals surface area (Å²) in [6, 6.07) is 8.41. The van der Waals surface area contributed by atoms with Crippen molar-refractivity contribution in [2.45, 2.75) is 13.3 Å². The Hall–Kier alpha value is -2.17. The molecule has 0 unspecified atom stereocenters. The maximum absolute atomic E-state index is 11.0. The number of carboxylic acids is 1. The van der Waals surface area contributed by atoms with Crippen molar-refractivity contribution in [1.29, 1.82) is 0 Å². The van der Waals surface area contributed by atoms with Crippen LogP contribution in [0.5, 0.6) is 0 Å². The Morgan fingerprint density at radius 2 is 1.94 bits per heavy atom. The van der Waals surface area contributed by atoms with Crippen LogP contribution in [-0.2, 0) is 9.59 Å². The highest BCUT2D eigenvalue weighted by Crippen LogP contribution is 2.01. The van der Waals surface area contributed by atoms with Gasteiger partial charge in [-0.25, -0.2) is 10.2 Å². The standard InChI is InChI=1S/C11H12N2O3/c1-2-9(14)12-13-10(11(15)16)8-6-4-3-5-7-8/h3-7H,2H2,1H3,(H,12,14)(H,15,16). The van der Waals surface area contributed by atoms with Crippen molar-refractivity contribution >= 4 is 17.6 Å².